The number of carbonyl (C=O) groups is 1. The Hall–Kier alpha value is -1.85. The standard InChI is InChI=1S/C35H52O9/c1-8-19(2)31-23(6)28(40-7)17-34(44-31)16-26-15-25(43-34)13-12-21(4)29(36)20(3)10-9-11-24-18-41-32-30(37)22(5)14-27(33(38)42-26)35(24,32)39/h9-12,14,19-20,23,25-32,36-37,39H,8,13,15-18H2,1-7H3/b10-9+,21-12+,24-11+/t19-,20-,23-,25+,26-,27-,28-,29-,30+,31+,32+,34-,35+/m0/s1. The maximum Gasteiger partial charge on any atom is 0.316 e. The van der Waals surface area contributed by atoms with Gasteiger partial charge in [-0.1, -0.05) is 64.5 Å². The van der Waals surface area contributed by atoms with E-state index in [-0.39, 0.29) is 42.7 Å². The number of allylic oxidation sites excluding steroid dienone is 2. The van der Waals surface area contributed by atoms with Crippen LogP contribution in [0.3, 0.4) is 0 Å². The van der Waals surface area contributed by atoms with Gasteiger partial charge in [0.2, 0.25) is 0 Å². The molecule has 0 unspecified atom stereocenters. The molecule has 3 fully saturated rings. The van der Waals surface area contributed by atoms with Crippen LogP contribution in [0.4, 0.5) is 0 Å². The Balaban J connectivity index is 1.55. The van der Waals surface area contributed by atoms with Gasteiger partial charge in [-0.05, 0) is 42.9 Å². The predicted molar refractivity (Wildman–Crippen MR) is 164 cm³/mol. The minimum absolute atomic E-state index is 0.0627. The molecule has 0 radical (unpaired) electrons. The molecule has 246 valence electrons. The number of methoxy groups -OCH3 is 1. The number of carbonyl (C=O) groups excluding carboxylic acids is 1. The monoisotopic (exact) mass is 616 g/mol. The molecule has 4 heterocycles. The molecule has 1 spiro atoms. The van der Waals surface area contributed by atoms with Crippen molar-refractivity contribution in [3.05, 3.63) is 47.1 Å². The van der Waals surface area contributed by atoms with E-state index >= 15 is 0 Å². The number of hydrogen-bond donors (Lipinski definition) is 3. The Morgan fingerprint density at radius 3 is 2.55 bits per heavy atom. The van der Waals surface area contributed by atoms with Crippen molar-refractivity contribution in [2.75, 3.05) is 13.7 Å². The van der Waals surface area contributed by atoms with E-state index < -0.39 is 47.7 Å². The fraction of sp³-hybridized carbons (Fsp3) is 0.743. The molecule has 0 aromatic carbocycles. The zero-order valence-electron chi connectivity index (χ0n) is 27.3. The lowest BCUT2D eigenvalue weighted by molar-refractivity contribution is -0.355. The summed E-state index contributed by atoms with van der Waals surface area (Å²) in [6, 6.07) is 0. The molecule has 2 bridgehead atoms. The topological polar surface area (TPSA) is 124 Å². The number of ether oxygens (including phenoxy) is 5. The van der Waals surface area contributed by atoms with Crippen LogP contribution in [0.1, 0.15) is 73.6 Å². The fourth-order valence-corrected chi connectivity index (χ4v) is 7.85. The van der Waals surface area contributed by atoms with Crippen LogP contribution in [0, 0.1) is 23.7 Å². The van der Waals surface area contributed by atoms with Gasteiger partial charge in [-0.2, -0.15) is 0 Å². The molecule has 5 aliphatic rings. The van der Waals surface area contributed by atoms with Gasteiger partial charge >= 0.3 is 5.97 Å². The van der Waals surface area contributed by atoms with Crippen molar-refractivity contribution in [2.45, 2.75) is 128 Å². The molecular formula is C35H52O9. The van der Waals surface area contributed by atoms with Crippen LogP contribution in [0.2, 0.25) is 0 Å². The zero-order valence-corrected chi connectivity index (χ0v) is 27.3. The fourth-order valence-electron chi connectivity index (χ4n) is 7.85. The van der Waals surface area contributed by atoms with E-state index in [0.717, 1.165) is 12.0 Å². The van der Waals surface area contributed by atoms with Gasteiger partial charge in [0.05, 0.1) is 31.0 Å². The number of rotatable bonds is 3. The average molecular weight is 617 g/mol. The van der Waals surface area contributed by atoms with Crippen LogP contribution in [0.15, 0.2) is 47.1 Å². The summed E-state index contributed by atoms with van der Waals surface area (Å²) < 4.78 is 31.8. The molecule has 0 amide bonds. The van der Waals surface area contributed by atoms with Crippen molar-refractivity contribution in [1.29, 1.82) is 0 Å². The lowest BCUT2D eigenvalue weighted by Crippen LogP contribution is -2.60. The molecule has 0 saturated carbocycles. The summed E-state index contributed by atoms with van der Waals surface area (Å²) in [6.07, 6.45) is 7.84. The van der Waals surface area contributed by atoms with Crippen LogP contribution >= 0.6 is 0 Å². The van der Waals surface area contributed by atoms with E-state index in [0.29, 0.717) is 36.8 Å². The number of aliphatic hydroxyl groups excluding tert-OH is 2. The molecular weight excluding hydrogens is 564 g/mol. The Kier molecular flexibility index (Phi) is 9.98. The van der Waals surface area contributed by atoms with E-state index in [1.54, 1.807) is 32.3 Å². The maximum absolute atomic E-state index is 14.1. The first-order valence-electron chi connectivity index (χ1n) is 16.3. The van der Waals surface area contributed by atoms with Crippen LogP contribution in [-0.2, 0) is 28.5 Å². The van der Waals surface area contributed by atoms with Gasteiger partial charge in [0.15, 0.2) is 5.79 Å². The van der Waals surface area contributed by atoms with Crippen molar-refractivity contribution in [3.8, 4) is 0 Å². The first-order chi connectivity index (χ1) is 20.8. The normalized spacial score (nSPS) is 48.7. The van der Waals surface area contributed by atoms with Gasteiger partial charge in [0.1, 0.15) is 29.8 Å². The Bertz CT molecular complexity index is 1190. The van der Waals surface area contributed by atoms with Crippen LogP contribution < -0.4 is 0 Å². The summed E-state index contributed by atoms with van der Waals surface area (Å²) in [7, 11) is 1.72. The molecule has 0 aromatic heterocycles. The van der Waals surface area contributed by atoms with Gasteiger partial charge in [-0.15, -0.1) is 0 Å². The maximum atomic E-state index is 14.1. The molecule has 9 heteroatoms. The second kappa shape index (κ2) is 13.1. The predicted octanol–water partition coefficient (Wildman–Crippen LogP) is 4.16. The van der Waals surface area contributed by atoms with Crippen molar-refractivity contribution in [1.82, 2.24) is 0 Å². The highest BCUT2D eigenvalue weighted by atomic mass is 16.7. The lowest BCUT2D eigenvalue weighted by Gasteiger charge is -2.53. The smallest absolute Gasteiger partial charge is 0.316 e. The third-order valence-electron chi connectivity index (χ3n) is 10.9. The third-order valence-corrected chi connectivity index (χ3v) is 10.9. The minimum Gasteiger partial charge on any atom is -0.462 e. The van der Waals surface area contributed by atoms with Crippen molar-refractivity contribution in [2.24, 2.45) is 23.7 Å². The molecule has 44 heavy (non-hydrogen) atoms. The van der Waals surface area contributed by atoms with Crippen LogP contribution in [-0.4, -0.2) is 89.1 Å². The van der Waals surface area contributed by atoms with E-state index in [1.165, 1.54) is 0 Å². The molecule has 1 aliphatic carbocycles. The summed E-state index contributed by atoms with van der Waals surface area (Å²) in [5, 5.41) is 34.2. The van der Waals surface area contributed by atoms with Gasteiger partial charge in [-0.25, -0.2) is 0 Å². The minimum atomic E-state index is -1.78. The lowest BCUT2D eigenvalue weighted by atomic mass is 9.71. The average Bonchev–Trinajstić information content (AvgIpc) is 3.34. The van der Waals surface area contributed by atoms with Crippen molar-refractivity contribution in [3.63, 3.8) is 0 Å². The number of esters is 1. The van der Waals surface area contributed by atoms with Gasteiger partial charge < -0.3 is 39.0 Å². The quantitative estimate of drug-likeness (QED) is 0.317. The summed E-state index contributed by atoms with van der Waals surface area (Å²) in [5.41, 5.74) is 0.0741. The molecule has 3 N–H and O–H groups in total. The van der Waals surface area contributed by atoms with E-state index in [9.17, 15) is 20.1 Å². The van der Waals surface area contributed by atoms with Gasteiger partial charge in [0, 0.05) is 38.2 Å². The summed E-state index contributed by atoms with van der Waals surface area (Å²) >= 11 is 0. The van der Waals surface area contributed by atoms with E-state index in [4.69, 9.17) is 23.7 Å². The Morgan fingerprint density at radius 1 is 1.09 bits per heavy atom. The molecule has 13 atom stereocenters. The molecule has 4 aliphatic heterocycles. The molecule has 0 aromatic rings. The SMILES string of the molecule is CC[C@H](C)[C@H]1O[C@@]2(C[C@@H]3C[C@@H](C/C=C(\C)[C@@H](O)[C@@H](C)/C=C/C=C4\CO[C@@H]5[C@H](O)C(C)=C[C@@H](C(=O)O3)[C@]45O)O2)C[C@H](OC)[C@@H]1C. The summed E-state index contributed by atoms with van der Waals surface area (Å²) in [4.78, 5) is 14.1. The Labute approximate surface area is 261 Å². The molecule has 3 saturated heterocycles. The number of hydrogen-bond acceptors (Lipinski definition) is 9. The highest BCUT2D eigenvalue weighted by Gasteiger charge is 2.60. The van der Waals surface area contributed by atoms with Gasteiger partial charge in [-0.3, -0.25) is 4.79 Å². The molecule has 9 nitrogen and oxygen atoms in total. The molecule has 5 rings (SSSR count). The van der Waals surface area contributed by atoms with Crippen LogP contribution in [0.25, 0.3) is 0 Å². The third kappa shape index (κ3) is 6.14. The number of fused-ring (bicyclic) bond motifs is 2. The van der Waals surface area contributed by atoms with Crippen LogP contribution in [0.5, 0.6) is 0 Å². The first kappa shape index (κ1) is 33.5. The second-order valence-electron chi connectivity index (χ2n) is 13.9. The van der Waals surface area contributed by atoms with Crippen molar-refractivity contribution < 1.29 is 43.8 Å². The van der Waals surface area contributed by atoms with E-state index in [1.807, 2.05) is 26.0 Å². The largest absolute Gasteiger partial charge is 0.462 e. The Morgan fingerprint density at radius 2 is 1.84 bits per heavy atom. The van der Waals surface area contributed by atoms with Gasteiger partial charge in [0.25, 0.3) is 0 Å². The van der Waals surface area contributed by atoms with E-state index in [2.05, 4.69) is 20.8 Å². The first-order valence-corrected chi connectivity index (χ1v) is 16.3. The summed E-state index contributed by atoms with van der Waals surface area (Å²) in [6.45, 7) is 12.1. The summed E-state index contributed by atoms with van der Waals surface area (Å²) in [5.74, 6) is -2.45. The zero-order chi connectivity index (χ0) is 32.0. The number of aliphatic hydroxyl groups is 3. The van der Waals surface area contributed by atoms with Crippen molar-refractivity contribution >= 4 is 5.97 Å². The highest BCUT2D eigenvalue weighted by molar-refractivity contribution is 5.78. The second-order valence-corrected chi connectivity index (χ2v) is 13.9. The highest BCUT2D eigenvalue weighted by Crippen LogP contribution is 2.48.